The lowest BCUT2D eigenvalue weighted by Gasteiger charge is -2.18. The Morgan fingerprint density at radius 2 is 2.11 bits per heavy atom. The maximum Gasteiger partial charge on any atom is 0.133 e. The highest BCUT2D eigenvalue weighted by atomic mass is 15.3. The van der Waals surface area contributed by atoms with E-state index in [0.717, 1.165) is 41.8 Å². The lowest BCUT2D eigenvalue weighted by Crippen LogP contribution is -2.19. The van der Waals surface area contributed by atoms with Gasteiger partial charge in [-0.3, -0.25) is 4.68 Å². The van der Waals surface area contributed by atoms with E-state index >= 15 is 0 Å². The summed E-state index contributed by atoms with van der Waals surface area (Å²) < 4.78 is 1.74. The Morgan fingerprint density at radius 3 is 2.79 bits per heavy atom. The Balaban J connectivity index is 1.88. The predicted molar refractivity (Wildman–Crippen MR) is 73.6 cm³/mol. The first kappa shape index (κ1) is 12.0. The summed E-state index contributed by atoms with van der Waals surface area (Å²) in [5, 5.41) is 4.43. The van der Waals surface area contributed by atoms with E-state index in [0.29, 0.717) is 5.92 Å². The third-order valence-electron chi connectivity index (χ3n) is 3.47. The Labute approximate surface area is 112 Å². The summed E-state index contributed by atoms with van der Waals surface area (Å²) in [6.45, 7) is 5.72. The zero-order chi connectivity index (χ0) is 13.6. The molecule has 1 aliphatic heterocycles. The van der Waals surface area contributed by atoms with Crippen LogP contribution >= 0.6 is 0 Å². The Bertz CT molecular complexity index is 616. The van der Waals surface area contributed by atoms with E-state index in [-0.39, 0.29) is 0 Å². The van der Waals surface area contributed by atoms with Crippen LogP contribution in [0.1, 0.15) is 36.8 Å². The molecule has 0 saturated carbocycles. The Hall–Kier alpha value is -2.11. The molecule has 0 fully saturated rings. The number of nitrogens with zero attached hydrogens (tertiary/aromatic N) is 5. The molecular formula is C13H18N6. The van der Waals surface area contributed by atoms with Crippen molar-refractivity contribution in [1.29, 1.82) is 0 Å². The molecule has 2 N–H and O–H groups in total. The van der Waals surface area contributed by atoms with Crippen LogP contribution < -0.4 is 10.6 Å². The third kappa shape index (κ3) is 1.93. The fraction of sp³-hybridized carbons (Fsp3) is 0.462. The van der Waals surface area contributed by atoms with Crippen LogP contribution in [0.15, 0.2) is 12.3 Å². The molecule has 0 unspecified atom stereocenters. The molecule has 0 aliphatic carbocycles. The van der Waals surface area contributed by atoms with Crippen molar-refractivity contribution in [3.8, 4) is 0 Å². The fourth-order valence-electron chi connectivity index (χ4n) is 2.35. The first-order valence-electron chi connectivity index (χ1n) is 6.44. The highest BCUT2D eigenvalue weighted by molar-refractivity contribution is 5.53. The van der Waals surface area contributed by atoms with Crippen molar-refractivity contribution in [1.82, 2.24) is 19.7 Å². The minimum Gasteiger partial charge on any atom is -0.384 e. The van der Waals surface area contributed by atoms with Crippen molar-refractivity contribution in [2.45, 2.75) is 32.9 Å². The number of fused-ring (bicyclic) bond motifs is 1. The molecule has 0 aromatic carbocycles. The number of nitrogen functional groups attached to an aromatic ring is 1. The predicted octanol–water partition coefficient (Wildman–Crippen LogP) is 1.44. The van der Waals surface area contributed by atoms with Crippen molar-refractivity contribution >= 4 is 11.6 Å². The van der Waals surface area contributed by atoms with Crippen LogP contribution in [-0.2, 0) is 20.1 Å². The molecule has 100 valence electrons. The molecule has 0 saturated heterocycles. The third-order valence-corrected chi connectivity index (χ3v) is 3.47. The molecule has 0 spiro atoms. The van der Waals surface area contributed by atoms with E-state index < -0.39 is 0 Å². The second-order valence-corrected chi connectivity index (χ2v) is 5.22. The molecule has 19 heavy (non-hydrogen) atoms. The van der Waals surface area contributed by atoms with Crippen LogP contribution in [0.25, 0.3) is 0 Å². The SMILES string of the molecule is CC(C)c1nccc(N2Cc3nn(C)c(N)c3C2)n1. The first-order valence-corrected chi connectivity index (χ1v) is 6.44. The maximum absolute atomic E-state index is 6.01. The number of anilines is 2. The van der Waals surface area contributed by atoms with Crippen LogP contribution in [0.2, 0.25) is 0 Å². The number of nitrogens with two attached hydrogens (primary N) is 1. The minimum absolute atomic E-state index is 0.329. The molecule has 0 bridgehead atoms. The average molecular weight is 258 g/mol. The summed E-state index contributed by atoms with van der Waals surface area (Å²) in [7, 11) is 1.87. The number of aromatic nitrogens is 4. The van der Waals surface area contributed by atoms with Gasteiger partial charge in [0.25, 0.3) is 0 Å². The molecule has 3 heterocycles. The number of aryl methyl sites for hydroxylation is 1. The quantitative estimate of drug-likeness (QED) is 0.882. The Kier molecular flexibility index (Phi) is 2.66. The van der Waals surface area contributed by atoms with E-state index in [4.69, 9.17) is 5.73 Å². The van der Waals surface area contributed by atoms with Crippen LogP contribution in [-0.4, -0.2) is 19.7 Å². The molecule has 0 atom stereocenters. The van der Waals surface area contributed by atoms with Gasteiger partial charge < -0.3 is 10.6 Å². The second kappa shape index (κ2) is 4.22. The van der Waals surface area contributed by atoms with Gasteiger partial charge in [-0.2, -0.15) is 5.10 Å². The van der Waals surface area contributed by atoms with Gasteiger partial charge in [0.1, 0.15) is 17.5 Å². The van der Waals surface area contributed by atoms with E-state index in [9.17, 15) is 0 Å². The monoisotopic (exact) mass is 258 g/mol. The van der Waals surface area contributed by atoms with E-state index in [2.05, 4.69) is 33.8 Å². The van der Waals surface area contributed by atoms with E-state index in [1.54, 1.807) is 4.68 Å². The zero-order valence-electron chi connectivity index (χ0n) is 11.5. The van der Waals surface area contributed by atoms with Crippen molar-refractivity contribution in [2.75, 3.05) is 10.6 Å². The fourth-order valence-corrected chi connectivity index (χ4v) is 2.35. The van der Waals surface area contributed by atoms with Crippen molar-refractivity contribution < 1.29 is 0 Å². The van der Waals surface area contributed by atoms with Crippen LogP contribution in [0.3, 0.4) is 0 Å². The molecule has 6 heteroatoms. The van der Waals surface area contributed by atoms with E-state index in [1.165, 1.54) is 0 Å². The Morgan fingerprint density at radius 1 is 1.32 bits per heavy atom. The minimum atomic E-state index is 0.329. The standard InChI is InChI=1S/C13H18N6/c1-8(2)13-15-5-4-11(16-13)19-6-9-10(7-19)17-18(3)12(9)14/h4-5,8H,6-7,14H2,1-3H3. The summed E-state index contributed by atoms with van der Waals surface area (Å²) in [4.78, 5) is 11.1. The summed E-state index contributed by atoms with van der Waals surface area (Å²) >= 11 is 0. The molecule has 1 aliphatic rings. The summed E-state index contributed by atoms with van der Waals surface area (Å²) in [6, 6.07) is 1.94. The van der Waals surface area contributed by atoms with Gasteiger partial charge in [-0.05, 0) is 6.07 Å². The van der Waals surface area contributed by atoms with Crippen LogP contribution in [0.5, 0.6) is 0 Å². The summed E-state index contributed by atoms with van der Waals surface area (Å²) in [6.07, 6.45) is 1.82. The molecular weight excluding hydrogens is 240 g/mol. The first-order chi connectivity index (χ1) is 9.06. The topological polar surface area (TPSA) is 72.9 Å². The largest absolute Gasteiger partial charge is 0.384 e. The van der Waals surface area contributed by atoms with Crippen LogP contribution in [0.4, 0.5) is 11.6 Å². The lowest BCUT2D eigenvalue weighted by molar-refractivity contribution is 0.721. The zero-order valence-corrected chi connectivity index (χ0v) is 11.5. The van der Waals surface area contributed by atoms with Gasteiger partial charge in [0.05, 0.1) is 18.8 Å². The molecule has 0 amide bonds. The van der Waals surface area contributed by atoms with E-state index in [1.807, 2.05) is 19.3 Å². The number of rotatable bonds is 2. The van der Waals surface area contributed by atoms with Crippen LogP contribution in [0, 0.1) is 0 Å². The lowest BCUT2D eigenvalue weighted by atomic mass is 10.2. The van der Waals surface area contributed by atoms with Gasteiger partial charge >= 0.3 is 0 Å². The highest BCUT2D eigenvalue weighted by Gasteiger charge is 2.26. The highest BCUT2D eigenvalue weighted by Crippen LogP contribution is 2.30. The smallest absolute Gasteiger partial charge is 0.133 e. The molecule has 3 rings (SSSR count). The van der Waals surface area contributed by atoms with Gasteiger partial charge in [-0.15, -0.1) is 0 Å². The van der Waals surface area contributed by atoms with Gasteiger partial charge in [-0.1, -0.05) is 13.8 Å². The molecule has 2 aromatic heterocycles. The molecule has 2 aromatic rings. The summed E-state index contributed by atoms with van der Waals surface area (Å²) in [5.41, 5.74) is 8.18. The maximum atomic E-state index is 6.01. The van der Waals surface area contributed by atoms with Gasteiger partial charge in [0.15, 0.2) is 0 Å². The molecule has 6 nitrogen and oxygen atoms in total. The van der Waals surface area contributed by atoms with Crippen molar-refractivity contribution in [3.63, 3.8) is 0 Å². The second-order valence-electron chi connectivity index (χ2n) is 5.22. The number of hydrogen-bond acceptors (Lipinski definition) is 5. The number of hydrogen-bond donors (Lipinski definition) is 1. The normalized spacial score (nSPS) is 14.2. The molecule has 0 radical (unpaired) electrons. The summed E-state index contributed by atoms with van der Waals surface area (Å²) in [5.74, 6) is 2.89. The van der Waals surface area contributed by atoms with Gasteiger partial charge in [-0.25, -0.2) is 9.97 Å². The van der Waals surface area contributed by atoms with Gasteiger partial charge in [0.2, 0.25) is 0 Å². The van der Waals surface area contributed by atoms with Crippen molar-refractivity contribution in [3.05, 3.63) is 29.3 Å². The van der Waals surface area contributed by atoms with Crippen molar-refractivity contribution in [2.24, 2.45) is 7.05 Å². The van der Waals surface area contributed by atoms with Gasteiger partial charge in [0, 0.05) is 24.7 Å². The average Bonchev–Trinajstić information content (AvgIpc) is 2.91.